The highest BCUT2D eigenvalue weighted by atomic mass is 79.9. The average molecular weight is 408 g/mol. The summed E-state index contributed by atoms with van der Waals surface area (Å²) in [6, 6.07) is 11.4. The summed E-state index contributed by atoms with van der Waals surface area (Å²) in [4.78, 5) is 1.97. The first-order valence-electron chi connectivity index (χ1n) is 5.64. The molecule has 0 heterocycles. The van der Waals surface area contributed by atoms with Gasteiger partial charge in [0.2, 0.25) is 0 Å². The van der Waals surface area contributed by atoms with Crippen LogP contribution in [0.4, 0.5) is 0 Å². The minimum Gasteiger partial charge on any atom is -0.200 e. The highest BCUT2D eigenvalue weighted by Crippen LogP contribution is 2.24. The molecule has 0 saturated carbocycles. The first-order chi connectivity index (χ1) is 9.88. The predicted octanol–water partition coefficient (Wildman–Crippen LogP) is 4.07. The summed E-state index contributed by atoms with van der Waals surface area (Å²) in [5.41, 5.74) is 0.740. The number of rotatable bonds is 4. The van der Waals surface area contributed by atoms with Gasteiger partial charge >= 0.3 is 0 Å². The van der Waals surface area contributed by atoms with Gasteiger partial charge in [0.25, 0.3) is 10.0 Å². The van der Waals surface area contributed by atoms with Gasteiger partial charge in [0.05, 0.1) is 11.2 Å². The minimum atomic E-state index is -3.87. The van der Waals surface area contributed by atoms with E-state index < -0.39 is 10.0 Å². The van der Waals surface area contributed by atoms with Crippen molar-refractivity contribution in [2.75, 3.05) is 0 Å². The van der Waals surface area contributed by atoms with Gasteiger partial charge in [0.15, 0.2) is 0 Å². The normalized spacial score (nSPS) is 11.8. The zero-order valence-electron chi connectivity index (χ0n) is 10.4. The van der Waals surface area contributed by atoms with Crippen LogP contribution in [0.3, 0.4) is 0 Å². The molecule has 0 spiro atoms. The Labute approximate surface area is 141 Å². The fraction of sp³-hybridized carbons (Fsp3) is 0. The Morgan fingerprint density at radius 2 is 1.90 bits per heavy atom. The summed E-state index contributed by atoms with van der Waals surface area (Å²) < 4.78 is 25.0. The lowest BCUT2D eigenvalue weighted by Crippen LogP contribution is -2.18. The summed E-state index contributed by atoms with van der Waals surface area (Å²) in [5.74, 6) is 0. The highest BCUT2D eigenvalue weighted by molar-refractivity contribution is 9.10. The molecule has 110 valence electrons. The van der Waals surface area contributed by atoms with Crippen LogP contribution in [0.15, 0.2) is 56.9 Å². The SMILES string of the molecule is O=S(=O)(NN=Cc1cccc(Br)c1)c1cc(Cl)ccc1Cl. The van der Waals surface area contributed by atoms with Gasteiger partial charge in [-0.1, -0.05) is 51.3 Å². The second-order valence-electron chi connectivity index (χ2n) is 3.98. The molecule has 0 aromatic heterocycles. The van der Waals surface area contributed by atoms with Crippen molar-refractivity contribution in [3.63, 3.8) is 0 Å². The van der Waals surface area contributed by atoms with E-state index in [2.05, 4.69) is 25.9 Å². The fourth-order valence-electron chi connectivity index (χ4n) is 1.49. The summed E-state index contributed by atoms with van der Waals surface area (Å²) in [5, 5.41) is 4.06. The van der Waals surface area contributed by atoms with Crippen LogP contribution >= 0.6 is 39.1 Å². The maximum Gasteiger partial charge on any atom is 0.278 e. The molecule has 0 saturated heterocycles. The monoisotopic (exact) mass is 406 g/mol. The molecule has 0 radical (unpaired) electrons. The van der Waals surface area contributed by atoms with Crippen LogP contribution in [-0.2, 0) is 10.0 Å². The smallest absolute Gasteiger partial charge is 0.200 e. The number of hydrazone groups is 1. The molecule has 2 aromatic carbocycles. The van der Waals surface area contributed by atoms with Gasteiger partial charge in [-0.25, -0.2) is 4.83 Å². The Bertz CT molecular complexity index is 795. The molecule has 1 N–H and O–H groups in total. The topological polar surface area (TPSA) is 58.5 Å². The molecule has 2 rings (SSSR count). The number of sulfonamides is 1. The lowest BCUT2D eigenvalue weighted by molar-refractivity contribution is 0.585. The molecule has 0 bridgehead atoms. The second-order valence-corrected chi connectivity index (χ2v) is 7.37. The zero-order chi connectivity index (χ0) is 15.5. The predicted molar refractivity (Wildman–Crippen MR) is 88.5 cm³/mol. The highest BCUT2D eigenvalue weighted by Gasteiger charge is 2.17. The van der Waals surface area contributed by atoms with E-state index in [4.69, 9.17) is 23.2 Å². The molecule has 0 aliphatic heterocycles. The number of hydrogen-bond donors (Lipinski definition) is 1. The van der Waals surface area contributed by atoms with E-state index in [0.29, 0.717) is 0 Å². The molecule has 2 aromatic rings. The molecule has 0 atom stereocenters. The molecule has 0 aliphatic rings. The number of halogens is 3. The van der Waals surface area contributed by atoms with E-state index in [-0.39, 0.29) is 14.9 Å². The molecule has 0 fully saturated rings. The maximum atomic E-state index is 12.1. The van der Waals surface area contributed by atoms with Crippen LogP contribution in [0, 0.1) is 0 Å². The largest absolute Gasteiger partial charge is 0.278 e. The van der Waals surface area contributed by atoms with E-state index in [1.54, 1.807) is 12.1 Å². The third-order valence-corrected chi connectivity index (χ3v) is 4.85. The number of benzene rings is 2. The van der Waals surface area contributed by atoms with Gasteiger partial charge in [0, 0.05) is 9.50 Å². The molecule has 0 amide bonds. The van der Waals surface area contributed by atoms with Gasteiger partial charge in [-0.15, -0.1) is 0 Å². The lowest BCUT2D eigenvalue weighted by Gasteiger charge is -2.05. The standard InChI is InChI=1S/C13H9BrCl2N2O2S/c14-10-3-1-2-9(6-10)8-17-18-21(19,20)13-7-11(15)4-5-12(13)16/h1-8,18H. The van der Waals surface area contributed by atoms with E-state index >= 15 is 0 Å². The van der Waals surface area contributed by atoms with Gasteiger partial charge < -0.3 is 0 Å². The first kappa shape index (κ1) is 16.3. The summed E-state index contributed by atoms with van der Waals surface area (Å²) >= 11 is 15.0. The van der Waals surface area contributed by atoms with Crippen molar-refractivity contribution in [2.45, 2.75) is 4.90 Å². The quantitative estimate of drug-likeness (QED) is 0.613. The maximum absolute atomic E-state index is 12.1. The van der Waals surface area contributed by atoms with Crippen LogP contribution in [-0.4, -0.2) is 14.6 Å². The van der Waals surface area contributed by atoms with Crippen molar-refractivity contribution >= 4 is 55.4 Å². The number of hydrogen-bond acceptors (Lipinski definition) is 3. The van der Waals surface area contributed by atoms with Crippen molar-refractivity contribution < 1.29 is 8.42 Å². The van der Waals surface area contributed by atoms with Gasteiger partial charge in [-0.3, -0.25) is 0 Å². The van der Waals surface area contributed by atoms with Gasteiger partial charge in [-0.2, -0.15) is 13.5 Å². The fourth-order valence-corrected chi connectivity index (χ4v) is 3.46. The average Bonchev–Trinajstić information content (AvgIpc) is 2.41. The van der Waals surface area contributed by atoms with Crippen molar-refractivity contribution in [2.24, 2.45) is 5.10 Å². The summed E-state index contributed by atoms with van der Waals surface area (Å²) in [6.07, 6.45) is 1.39. The van der Waals surface area contributed by atoms with E-state index in [1.165, 1.54) is 24.4 Å². The van der Waals surface area contributed by atoms with Crippen LogP contribution in [0.25, 0.3) is 0 Å². The molecule has 0 unspecified atom stereocenters. The second kappa shape index (κ2) is 6.79. The number of nitrogens with zero attached hydrogens (tertiary/aromatic N) is 1. The van der Waals surface area contributed by atoms with Crippen molar-refractivity contribution in [3.8, 4) is 0 Å². The van der Waals surface area contributed by atoms with Crippen LogP contribution in [0.5, 0.6) is 0 Å². The molecular weight excluding hydrogens is 399 g/mol. The molecular formula is C13H9BrCl2N2O2S. The third kappa shape index (κ3) is 4.44. The first-order valence-corrected chi connectivity index (χ1v) is 8.67. The Morgan fingerprint density at radius 1 is 1.14 bits per heavy atom. The van der Waals surface area contributed by atoms with Crippen LogP contribution in [0.2, 0.25) is 10.0 Å². The molecule has 4 nitrogen and oxygen atoms in total. The minimum absolute atomic E-state index is 0.0737. The Morgan fingerprint density at radius 3 is 2.62 bits per heavy atom. The Balaban J connectivity index is 2.20. The van der Waals surface area contributed by atoms with E-state index in [1.807, 2.05) is 12.1 Å². The summed E-state index contributed by atoms with van der Waals surface area (Å²) in [7, 11) is -3.87. The van der Waals surface area contributed by atoms with Crippen molar-refractivity contribution in [3.05, 3.63) is 62.5 Å². The van der Waals surface area contributed by atoms with Gasteiger partial charge in [0.1, 0.15) is 4.90 Å². The van der Waals surface area contributed by atoms with Crippen LogP contribution in [0.1, 0.15) is 5.56 Å². The van der Waals surface area contributed by atoms with Gasteiger partial charge in [-0.05, 0) is 35.9 Å². The van der Waals surface area contributed by atoms with Crippen molar-refractivity contribution in [1.82, 2.24) is 4.83 Å². The van der Waals surface area contributed by atoms with Crippen LogP contribution < -0.4 is 4.83 Å². The Hall–Kier alpha value is -1.08. The summed E-state index contributed by atoms with van der Waals surface area (Å²) in [6.45, 7) is 0. The molecule has 0 aliphatic carbocycles. The van der Waals surface area contributed by atoms with Crippen molar-refractivity contribution in [1.29, 1.82) is 0 Å². The van der Waals surface area contributed by atoms with E-state index in [9.17, 15) is 8.42 Å². The number of nitrogens with one attached hydrogen (secondary N) is 1. The molecule has 21 heavy (non-hydrogen) atoms. The third-order valence-electron chi connectivity index (χ3n) is 2.42. The molecule has 8 heteroatoms. The Kier molecular flexibility index (Phi) is 5.27. The lowest BCUT2D eigenvalue weighted by atomic mass is 10.2. The zero-order valence-corrected chi connectivity index (χ0v) is 14.3. The van der Waals surface area contributed by atoms with E-state index in [0.717, 1.165) is 10.0 Å².